The molecule has 0 spiro atoms. The first kappa shape index (κ1) is 26.7. The van der Waals surface area contributed by atoms with Crippen LogP contribution in [-0.4, -0.2) is 75.7 Å². The molecule has 5 rings (SSSR count). The molecule has 1 fully saturated rings. The number of piperazine rings is 1. The van der Waals surface area contributed by atoms with Gasteiger partial charge >= 0.3 is 6.03 Å². The van der Waals surface area contributed by atoms with Gasteiger partial charge in [-0.2, -0.15) is 4.98 Å². The third kappa shape index (κ3) is 6.73. The number of hydrogen-bond donors (Lipinski definition) is 2. The number of carbonyl (C=O) groups is 2. The van der Waals surface area contributed by atoms with Crippen molar-refractivity contribution in [2.45, 2.75) is 18.9 Å². The van der Waals surface area contributed by atoms with Crippen LogP contribution in [0.15, 0.2) is 85.6 Å². The number of benzene rings is 2. The van der Waals surface area contributed by atoms with E-state index in [2.05, 4.69) is 25.5 Å². The van der Waals surface area contributed by atoms with Gasteiger partial charge in [-0.15, -0.1) is 0 Å². The Morgan fingerprint density at radius 2 is 1.85 bits per heavy atom. The first-order valence-corrected chi connectivity index (χ1v) is 13.2. The van der Waals surface area contributed by atoms with Crippen LogP contribution in [0, 0.1) is 0 Å². The highest BCUT2D eigenvalue weighted by Gasteiger charge is 2.32. The Morgan fingerprint density at radius 1 is 1.02 bits per heavy atom. The molecule has 2 aromatic heterocycles. The number of anilines is 2. The van der Waals surface area contributed by atoms with Crippen molar-refractivity contribution in [1.82, 2.24) is 29.7 Å². The monoisotopic (exact) mass is 540 g/mol. The van der Waals surface area contributed by atoms with Crippen LogP contribution in [0.3, 0.4) is 0 Å². The van der Waals surface area contributed by atoms with Crippen molar-refractivity contribution in [3.63, 3.8) is 0 Å². The number of methoxy groups -OCH3 is 1. The number of aromatic nitrogens is 4. The van der Waals surface area contributed by atoms with E-state index in [0.29, 0.717) is 44.4 Å². The number of para-hydroxylation sites is 1. The molecule has 1 aliphatic rings. The number of hydrogen-bond acceptors (Lipinski definition) is 7. The average Bonchev–Trinajstić information content (AvgIpc) is 3.53. The lowest BCUT2D eigenvalue weighted by atomic mass is 10.1. The fourth-order valence-corrected chi connectivity index (χ4v) is 4.67. The van der Waals surface area contributed by atoms with Gasteiger partial charge < -0.3 is 25.2 Å². The number of amides is 3. The van der Waals surface area contributed by atoms with Crippen molar-refractivity contribution < 1.29 is 14.3 Å². The number of nitrogens with zero attached hydrogens (tertiary/aromatic N) is 6. The number of nitrogens with one attached hydrogen (secondary N) is 2. The first-order chi connectivity index (χ1) is 19.6. The second-order valence-electron chi connectivity index (χ2n) is 9.43. The van der Waals surface area contributed by atoms with Gasteiger partial charge in [0.2, 0.25) is 11.9 Å². The summed E-state index contributed by atoms with van der Waals surface area (Å²) in [6.45, 7) is 1.88. The van der Waals surface area contributed by atoms with Crippen LogP contribution in [0.2, 0.25) is 0 Å². The molecule has 3 heterocycles. The lowest BCUT2D eigenvalue weighted by Crippen LogP contribution is -2.57. The molecule has 1 aliphatic heterocycles. The molecule has 2 aromatic carbocycles. The standard InChI is InChI=1S/C29H32N8O3/c1-40-25-9-7-22(8-10-25)11-13-31-27(38)19-24-20-35(29(39)33-23-5-3-2-4-6-23)17-18-37(24)26-12-14-32-28(34-26)36-16-15-30-21-36/h2-10,12,14-16,21,24H,11,13,17-20H2,1H3,(H,31,38)(H,33,39). The maximum Gasteiger partial charge on any atom is 0.321 e. The fourth-order valence-electron chi connectivity index (χ4n) is 4.67. The smallest absolute Gasteiger partial charge is 0.321 e. The Balaban J connectivity index is 1.27. The summed E-state index contributed by atoms with van der Waals surface area (Å²) in [5.41, 5.74) is 1.83. The predicted octanol–water partition coefficient (Wildman–Crippen LogP) is 3.14. The van der Waals surface area contributed by atoms with Gasteiger partial charge in [0, 0.05) is 56.9 Å². The van der Waals surface area contributed by atoms with Gasteiger partial charge in [0.05, 0.1) is 13.2 Å². The van der Waals surface area contributed by atoms with Crippen LogP contribution in [0.25, 0.3) is 5.95 Å². The molecule has 0 bridgehead atoms. The van der Waals surface area contributed by atoms with E-state index in [4.69, 9.17) is 9.72 Å². The van der Waals surface area contributed by atoms with Gasteiger partial charge in [-0.25, -0.2) is 14.8 Å². The van der Waals surface area contributed by atoms with E-state index in [0.717, 1.165) is 17.0 Å². The molecule has 2 N–H and O–H groups in total. The van der Waals surface area contributed by atoms with E-state index in [1.165, 1.54) is 0 Å². The molecular weight excluding hydrogens is 508 g/mol. The molecule has 1 unspecified atom stereocenters. The van der Waals surface area contributed by atoms with Crippen LogP contribution in [0.4, 0.5) is 16.3 Å². The molecular formula is C29H32N8O3. The van der Waals surface area contributed by atoms with Gasteiger partial charge in [0.25, 0.3) is 0 Å². The van der Waals surface area contributed by atoms with Crippen molar-refractivity contribution in [3.8, 4) is 11.7 Å². The highest BCUT2D eigenvalue weighted by atomic mass is 16.5. The largest absolute Gasteiger partial charge is 0.497 e. The van der Waals surface area contributed by atoms with Crippen LogP contribution in [-0.2, 0) is 11.2 Å². The van der Waals surface area contributed by atoms with E-state index in [-0.39, 0.29) is 24.4 Å². The maximum absolute atomic E-state index is 13.1. The highest BCUT2D eigenvalue weighted by Crippen LogP contribution is 2.22. The number of urea groups is 1. The summed E-state index contributed by atoms with van der Waals surface area (Å²) in [4.78, 5) is 43.1. The SMILES string of the molecule is COc1ccc(CCNC(=O)CC2CN(C(=O)Nc3ccccc3)CCN2c2ccnc(-n3ccnc3)n2)cc1. The van der Waals surface area contributed by atoms with E-state index in [1.807, 2.05) is 60.7 Å². The Morgan fingerprint density at radius 3 is 2.60 bits per heavy atom. The molecule has 0 aliphatic carbocycles. The van der Waals surface area contributed by atoms with Gasteiger partial charge in [0.1, 0.15) is 17.9 Å². The Labute approximate surface area is 232 Å². The average molecular weight is 541 g/mol. The molecule has 3 amide bonds. The Hall–Kier alpha value is -4.93. The summed E-state index contributed by atoms with van der Waals surface area (Å²) in [5, 5.41) is 5.99. The van der Waals surface area contributed by atoms with Gasteiger partial charge in [-0.3, -0.25) is 9.36 Å². The lowest BCUT2D eigenvalue weighted by Gasteiger charge is -2.41. The molecule has 11 nitrogen and oxygen atoms in total. The second kappa shape index (κ2) is 12.7. The quantitative estimate of drug-likeness (QED) is 0.335. The Bertz CT molecular complexity index is 1400. The van der Waals surface area contributed by atoms with Crippen LogP contribution in [0.5, 0.6) is 5.75 Å². The van der Waals surface area contributed by atoms with E-state index in [9.17, 15) is 9.59 Å². The van der Waals surface area contributed by atoms with Crippen LogP contribution >= 0.6 is 0 Å². The number of ether oxygens (including phenoxy) is 1. The van der Waals surface area contributed by atoms with Crippen molar-refractivity contribution in [1.29, 1.82) is 0 Å². The molecule has 0 radical (unpaired) electrons. The highest BCUT2D eigenvalue weighted by molar-refractivity contribution is 5.89. The molecule has 40 heavy (non-hydrogen) atoms. The summed E-state index contributed by atoms with van der Waals surface area (Å²) in [6, 6.07) is 18.5. The van der Waals surface area contributed by atoms with Gasteiger partial charge in [0.15, 0.2) is 0 Å². The zero-order chi connectivity index (χ0) is 27.7. The molecule has 4 aromatic rings. The molecule has 206 valence electrons. The zero-order valence-electron chi connectivity index (χ0n) is 22.3. The van der Waals surface area contributed by atoms with Crippen LogP contribution < -0.4 is 20.3 Å². The third-order valence-corrected chi connectivity index (χ3v) is 6.77. The molecule has 1 atom stereocenters. The molecule has 0 saturated carbocycles. The second-order valence-corrected chi connectivity index (χ2v) is 9.43. The minimum Gasteiger partial charge on any atom is -0.497 e. The lowest BCUT2D eigenvalue weighted by molar-refractivity contribution is -0.121. The minimum absolute atomic E-state index is 0.0854. The van der Waals surface area contributed by atoms with Crippen molar-refractivity contribution >= 4 is 23.4 Å². The Kier molecular flexibility index (Phi) is 8.50. The van der Waals surface area contributed by atoms with Crippen molar-refractivity contribution in [2.75, 3.05) is 43.5 Å². The zero-order valence-corrected chi connectivity index (χ0v) is 22.3. The van der Waals surface area contributed by atoms with E-state index < -0.39 is 0 Å². The van der Waals surface area contributed by atoms with Gasteiger partial charge in [-0.05, 0) is 42.3 Å². The minimum atomic E-state index is -0.276. The summed E-state index contributed by atoms with van der Waals surface area (Å²) < 4.78 is 6.94. The molecule has 11 heteroatoms. The van der Waals surface area contributed by atoms with E-state index in [1.54, 1.807) is 41.5 Å². The summed E-state index contributed by atoms with van der Waals surface area (Å²) in [6.07, 6.45) is 7.69. The van der Waals surface area contributed by atoms with E-state index >= 15 is 0 Å². The topological polar surface area (TPSA) is 118 Å². The fraction of sp³-hybridized carbons (Fsp3) is 0.276. The van der Waals surface area contributed by atoms with Crippen molar-refractivity contribution in [2.24, 2.45) is 0 Å². The summed E-state index contributed by atoms with van der Waals surface area (Å²) >= 11 is 0. The predicted molar refractivity (Wildman–Crippen MR) is 152 cm³/mol. The normalized spacial score (nSPS) is 15.0. The summed E-state index contributed by atoms with van der Waals surface area (Å²) in [7, 11) is 1.64. The number of carbonyl (C=O) groups excluding carboxylic acids is 2. The van der Waals surface area contributed by atoms with Gasteiger partial charge in [-0.1, -0.05) is 30.3 Å². The maximum atomic E-state index is 13.1. The third-order valence-electron chi connectivity index (χ3n) is 6.77. The summed E-state index contributed by atoms with van der Waals surface area (Å²) in [5.74, 6) is 1.89. The first-order valence-electron chi connectivity index (χ1n) is 13.2. The molecule has 1 saturated heterocycles. The number of imidazole rings is 1. The van der Waals surface area contributed by atoms with Crippen molar-refractivity contribution in [3.05, 3.63) is 91.1 Å². The van der Waals surface area contributed by atoms with Crippen LogP contribution in [0.1, 0.15) is 12.0 Å². The number of rotatable bonds is 9.